The van der Waals surface area contributed by atoms with E-state index in [1.165, 1.54) is 55.7 Å². The van der Waals surface area contributed by atoms with Gasteiger partial charge in [-0.3, -0.25) is 0 Å². The molecule has 1 saturated carbocycles. The number of anilines is 1. The zero-order chi connectivity index (χ0) is 21.2. The number of aromatic nitrogens is 5. The summed E-state index contributed by atoms with van der Waals surface area (Å²) in [6.07, 6.45) is 6.25. The molecular formula is C25H23FN6. The topological polar surface area (TPSA) is 51.8 Å². The molecule has 0 radical (unpaired) electrons. The number of hydrogen-bond acceptors (Lipinski definition) is 4. The maximum absolute atomic E-state index is 13.4. The molecule has 7 heteroatoms. The first kappa shape index (κ1) is 18.1. The molecule has 7 rings (SSSR count). The van der Waals surface area contributed by atoms with Crippen LogP contribution in [0.15, 0.2) is 54.7 Å². The van der Waals surface area contributed by atoms with Crippen molar-refractivity contribution in [1.29, 1.82) is 0 Å². The molecule has 2 aliphatic heterocycles. The summed E-state index contributed by atoms with van der Waals surface area (Å²) >= 11 is 0. The summed E-state index contributed by atoms with van der Waals surface area (Å²) in [5.41, 5.74) is 6.49. The van der Waals surface area contributed by atoms with Crippen LogP contribution in [0.2, 0.25) is 0 Å². The fraction of sp³-hybridized carbons (Fsp3) is 0.320. The summed E-state index contributed by atoms with van der Waals surface area (Å²) < 4.78 is 17.4. The van der Waals surface area contributed by atoms with E-state index in [2.05, 4.69) is 55.5 Å². The van der Waals surface area contributed by atoms with Crippen LogP contribution in [-0.2, 0) is 6.54 Å². The third kappa shape index (κ3) is 2.73. The van der Waals surface area contributed by atoms with Gasteiger partial charge in [0.15, 0.2) is 0 Å². The van der Waals surface area contributed by atoms with Gasteiger partial charge in [-0.25, -0.2) is 4.39 Å². The number of hydrogen-bond donors (Lipinski definition) is 0. The molecule has 1 saturated heterocycles. The highest BCUT2D eigenvalue weighted by atomic mass is 19.1. The van der Waals surface area contributed by atoms with Gasteiger partial charge >= 0.3 is 0 Å². The van der Waals surface area contributed by atoms with Crippen molar-refractivity contribution in [2.24, 2.45) is 11.8 Å². The molecule has 4 aromatic rings. The summed E-state index contributed by atoms with van der Waals surface area (Å²) in [5.74, 6) is 2.20. The smallest absolute Gasteiger partial charge is 0.203 e. The Morgan fingerprint density at radius 1 is 0.906 bits per heavy atom. The average molecular weight is 426 g/mol. The van der Waals surface area contributed by atoms with Gasteiger partial charge < -0.3 is 9.47 Å². The monoisotopic (exact) mass is 426 g/mol. The van der Waals surface area contributed by atoms with Crippen molar-refractivity contribution in [1.82, 2.24) is 24.8 Å². The molecule has 0 spiro atoms. The molecule has 2 fully saturated rings. The molecule has 2 aromatic carbocycles. The summed E-state index contributed by atoms with van der Waals surface area (Å²) in [6.45, 7) is 3.07. The second-order valence-corrected chi connectivity index (χ2v) is 9.33. The Labute approximate surface area is 185 Å². The van der Waals surface area contributed by atoms with Crippen LogP contribution in [0.3, 0.4) is 0 Å². The third-order valence-electron chi connectivity index (χ3n) is 7.50. The minimum absolute atomic E-state index is 0.231. The number of rotatable bonds is 2. The van der Waals surface area contributed by atoms with E-state index < -0.39 is 0 Å². The molecule has 0 N–H and O–H groups in total. The van der Waals surface area contributed by atoms with E-state index in [4.69, 9.17) is 0 Å². The maximum atomic E-state index is 13.4. The van der Waals surface area contributed by atoms with E-state index in [0.29, 0.717) is 0 Å². The van der Waals surface area contributed by atoms with Crippen LogP contribution in [-0.4, -0.2) is 37.9 Å². The summed E-state index contributed by atoms with van der Waals surface area (Å²) in [5, 5.41) is 12.6. The number of tetrazole rings is 1. The molecule has 160 valence electrons. The summed E-state index contributed by atoms with van der Waals surface area (Å²) in [6, 6.07) is 15.4. The van der Waals surface area contributed by atoms with Crippen molar-refractivity contribution in [2.45, 2.75) is 25.8 Å². The van der Waals surface area contributed by atoms with Crippen LogP contribution < -0.4 is 4.90 Å². The minimum Gasteiger partial charge on any atom is -0.371 e. The van der Waals surface area contributed by atoms with E-state index in [0.717, 1.165) is 46.7 Å². The molecule has 0 amide bonds. The fourth-order valence-electron chi connectivity index (χ4n) is 5.87. The molecule has 2 atom stereocenters. The van der Waals surface area contributed by atoms with Gasteiger partial charge in [0.25, 0.3) is 0 Å². The van der Waals surface area contributed by atoms with Crippen LogP contribution in [0.4, 0.5) is 10.1 Å². The van der Waals surface area contributed by atoms with E-state index in [9.17, 15) is 4.39 Å². The lowest BCUT2D eigenvalue weighted by Crippen LogP contribution is -2.21. The standard InChI is InChI=1S/C25H23FN6/c26-21-6-4-16(5-7-21)19-11-24-25-27-28-29-32(25)23-9-8-22(10-20(23)15-31(24)14-19)30-12-17-2-1-3-18(17)13-30/h4-11,14,17-18H,1-3,12-13,15H2. The third-order valence-corrected chi connectivity index (χ3v) is 7.50. The highest BCUT2D eigenvalue weighted by Crippen LogP contribution is 2.41. The van der Waals surface area contributed by atoms with Gasteiger partial charge in [0.05, 0.1) is 11.4 Å². The maximum Gasteiger partial charge on any atom is 0.203 e. The Morgan fingerprint density at radius 2 is 1.72 bits per heavy atom. The Balaban J connectivity index is 1.30. The molecule has 2 unspecified atom stereocenters. The molecule has 4 heterocycles. The van der Waals surface area contributed by atoms with E-state index in [-0.39, 0.29) is 5.82 Å². The highest BCUT2D eigenvalue weighted by molar-refractivity contribution is 5.71. The molecular weight excluding hydrogens is 403 g/mol. The lowest BCUT2D eigenvalue weighted by molar-refractivity contribution is 0.494. The first-order valence-corrected chi connectivity index (χ1v) is 11.4. The summed E-state index contributed by atoms with van der Waals surface area (Å²) in [7, 11) is 0. The van der Waals surface area contributed by atoms with E-state index in [1.54, 1.807) is 0 Å². The van der Waals surface area contributed by atoms with Gasteiger partial charge in [-0.2, -0.15) is 4.68 Å². The Bertz CT molecular complexity index is 1310. The van der Waals surface area contributed by atoms with Crippen molar-refractivity contribution in [2.75, 3.05) is 18.0 Å². The molecule has 0 bridgehead atoms. The van der Waals surface area contributed by atoms with Crippen LogP contribution in [0.5, 0.6) is 0 Å². The van der Waals surface area contributed by atoms with Gasteiger partial charge in [-0.05, 0) is 82.6 Å². The number of halogens is 1. The Kier molecular flexibility index (Phi) is 3.83. The predicted octanol–water partition coefficient (Wildman–Crippen LogP) is 4.53. The van der Waals surface area contributed by atoms with Crippen molar-refractivity contribution >= 4 is 5.69 Å². The van der Waals surface area contributed by atoms with Crippen LogP contribution in [0.25, 0.3) is 28.3 Å². The molecule has 1 aliphatic carbocycles. The van der Waals surface area contributed by atoms with Gasteiger partial charge in [-0.1, -0.05) is 18.6 Å². The predicted molar refractivity (Wildman–Crippen MR) is 120 cm³/mol. The van der Waals surface area contributed by atoms with Crippen LogP contribution in [0.1, 0.15) is 24.8 Å². The van der Waals surface area contributed by atoms with Gasteiger partial charge in [0.1, 0.15) is 5.82 Å². The van der Waals surface area contributed by atoms with E-state index >= 15 is 0 Å². The number of nitrogens with zero attached hydrogens (tertiary/aromatic N) is 6. The van der Waals surface area contributed by atoms with Gasteiger partial charge in [0, 0.05) is 37.1 Å². The van der Waals surface area contributed by atoms with Gasteiger partial charge in [-0.15, -0.1) is 5.10 Å². The van der Waals surface area contributed by atoms with Crippen molar-refractivity contribution < 1.29 is 4.39 Å². The first-order chi connectivity index (χ1) is 15.7. The second-order valence-electron chi connectivity index (χ2n) is 9.33. The normalized spacial score (nSPS) is 21.1. The van der Waals surface area contributed by atoms with Crippen LogP contribution in [0, 0.1) is 17.7 Å². The average Bonchev–Trinajstić information content (AvgIpc) is 3.57. The number of benzene rings is 2. The van der Waals surface area contributed by atoms with E-state index in [1.807, 2.05) is 16.8 Å². The van der Waals surface area contributed by atoms with Crippen molar-refractivity contribution in [3.05, 3.63) is 66.1 Å². The Hall–Kier alpha value is -3.48. The lowest BCUT2D eigenvalue weighted by Gasteiger charge is -2.21. The minimum atomic E-state index is -0.231. The second kappa shape index (κ2) is 6.76. The largest absolute Gasteiger partial charge is 0.371 e. The SMILES string of the molecule is Fc1ccc(-c2cc3n(c2)Cc2cc(N4CC5CCCC5C4)ccc2-n2nnnc2-3)cc1. The van der Waals surface area contributed by atoms with Gasteiger partial charge in [0.2, 0.25) is 5.82 Å². The van der Waals surface area contributed by atoms with Crippen molar-refractivity contribution in [3.63, 3.8) is 0 Å². The molecule has 3 aliphatic rings. The molecule has 2 aromatic heterocycles. The fourth-order valence-corrected chi connectivity index (χ4v) is 5.87. The lowest BCUT2D eigenvalue weighted by atomic mass is 10.0. The first-order valence-electron chi connectivity index (χ1n) is 11.4. The highest BCUT2D eigenvalue weighted by Gasteiger charge is 2.36. The Morgan fingerprint density at radius 3 is 2.53 bits per heavy atom. The zero-order valence-corrected chi connectivity index (χ0v) is 17.7. The van der Waals surface area contributed by atoms with Crippen LogP contribution >= 0.6 is 0 Å². The molecule has 32 heavy (non-hydrogen) atoms. The number of fused-ring (bicyclic) bond motifs is 6. The summed E-state index contributed by atoms with van der Waals surface area (Å²) in [4.78, 5) is 2.56. The molecule has 6 nitrogen and oxygen atoms in total. The van der Waals surface area contributed by atoms with Crippen molar-refractivity contribution in [3.8, 4) is 28.3 Å². The zero-order valence-electron chi connectivity index (χ0n) is 17.7. The quantitative estimate of drug-likeness (QED) is 0.416.